The van der Waals surface area contributed by atoms with E-state index in [4.69, 9.17) is 11.6 Å². The molecule has 0 aliphatic carbocycles. The normalized spacial score (nSPS) is 10.2. The number of aromatic hydroxyl groups is 1. The number of phenols is 1. The predicted octanol–water partition coefficient (Wildman–Crippen LogP) is 3.51. The summed E-state index contributed by atoms with van der Waals surface area (Å²) in [5.41, 5.74) is 1.01. The number of hydrogen-bond donors (Lipinski definition) is 2. The molecule has 0 atom stereocenters. The van der Waals surface area contributed by atoms with Crippen molar-refractivity contribution in [3.63, 3.8) is 0 Å². The first-order valence-corrected chi connectivity index (χ1v) is 6.31. The van der Waals surface area contributed by atoms with Gasteiger partial charge in [0.15, 0.2) is 5.75 Å². The lowest BCUT2D eigenvalue weighted by atomic mass is 10.1. The second-order valence-corrected chi connectivity index (χ2v) is 4.81. The van der Waals surface area contributed by atoms with E-state index in [1.807, 2.05) is 6.92 Å². The molecule has 0 bridgehead atoms. The zero-order chi connectivity index (χ0) is 15.6. The van der Waals surface area contributed by atoms with E-state index in [1.54, 1.807) is 18.2 Å². The summed E-state index contributed by atoms with van der Waals surface area (Å²) in [5, 5.41) is 23.1. The van der Waals surface area contributed by atoms with E-state index in [2.05, 4.69) is 5.32 Å². The Balaban J connectivity index is 2.24. The van der Waals surface area contributed by atoms with Crippen molar-refractivity contribution < 1.29 is 14.8 Å². The molecule has 0 saturated heterocycles. The summed E-state index contributed by atoms with van der Waals surface area (Å²) < 4.78 is 0. The number of carbonyl (C=O) groups is 1. The van der Waals surface area contributed by atoms with Crippen LogP contribution in [0.2, 0.25) is 5.02 Å². The van der Waals surface area contributed by atoms with Gasteiger partial charge in [0.05, 0.1) is 15.6 Å². The maximum Gasteiger partial charge on any atom is 0.310 e. The van der Waals surface area contributed by atoms with E-state index in [1.165, 1.54) is 6.07 Å². The van der Waals surface area contributed by atoms with Crippen molar-refractivity contribution in [3.8, 4) is 5.75 Å². The molecule has 21 heavy (non-hydrogen) atoms. The molecule has 2 aromatic rings. The summed E-state index contributed by atoms with van der Waals surface area (Å²) in [6, 6.07) is 8.51. The second-order valence-electron chi connectivity index (χ2n) is 4.40. The van der Waals surface area contributed by atoms with Gasteiger partial charge >= 0.3 is 5.69 Å². The van der Waals surface area contributed by atoms with Crippen molar-refractivity contribution in [2.75, 3.05) is 5.32 Å². The average molecular weight is 307 g/mol. The highest BCUT2D eigenvalue weighted by molar-refractivity contribution is 6.34. The molecule has 2 N–H and O–H groups in total. The van der Waals surface area contributed by atoms with E-state index in [0.717, 1.165) is 17.7 Å². The van der Waals surface area contributed by atoms with Crippen LogP contribution in [-0.2, 0) is 0 Å². The molecule has 0 spiro atoms. The minimum atomic E-state index is -0.728. The number of amides is 1. The number of nitro benzene ring substituents is 1. The first-order valence-electron chi connectivity index (χ1n) is 5.93. The van der Waals surface area contributed by atoms with Gasteiger partial charge in [0, 0.05) is 11.6 Å². The Morgan fingerprint density at radius 2 is 2.00 bits per heavy atom. The molecule has 108 valence electrons. The van der Waals surface area contributed by atoms with Gasteiger partial charge in [0.1, 0.15) is 0 Å². The first kappa shape index (κ1) is 14.8. The van der Waals surface area contributed by atoms with E-state index >= 15 is 0 Å². The molecule has 0 heterocycles. The maximum absolute atomic E-state index is 12.0. The number of nitro groups is 1. The Bertz CT molecular complexity index is 731. The summed E-state index contributed by atoms with van der Waals surface area (Å²) in [7, 11) is 0. The number of phenolic OH excluding ortho intramolecular Hbond substituents is 1. The van der Waals surface area contributed by atoms with Crippen molar-refractivity contribution in [1.82, 2.24) is 0 Å². The molecule has 1 amide bonds. The lowest BCUT2D eigenvalue weighted by Gasteiger charge is -2.08. The Morgan fingerprint density at radius 1 is 1.29 bits per heavy atom. The Kier molecular flexibility index (Phi) is 4.09. The van der Waals surface area contributed by atoms with E-state index in [-0.39, 0.29) is 5.56 Å². The van der Waals surface area contributed by atoms with Crippen LogP contribution in [-0.4, -0.2) is 15.9 Å². The molecule has 0 aromatic heterocycles. The third-order valence-electron chi connectivity index (χ3n) is 2.81. The van der Waals surface area contributed by atoms with Crippen LogP contribution in [0.25, 0.3) is 0 Å². The monoisotopic (exact) mass is 306 g/mol. The Labute approximate surface area is 125 Å². The van der Waals surface area contributed by atoms with Gasteiger partial charge in [-0.25, -0.2) is 0 Å². The standard InChI is InChI=1S/C14H11ClN2O4/c1-8-2-4-11(10(15)6-8)16-14(19)9-3-5-12(17(20)21)13(18)7-9/h2-7,18H,1H3,(H,16,19). The highest BCUT2D eigenvalue weighted by atomic mass is 35.5. The van der Waals surface area contributed by atoms with Crippen LogP contribution in [0.4, 0.5) is 11.4 Å². The lowest BCUT2D eigenvalue weighted by Crippen LogP contribution is -2.12. The van der Waals surface area contributed by atoms with E-state index < -0.39 is 22.3 Å². The van der Waals surface area contributed by atoms with Crippen LogP contribution in [0.1, 0.15) is 15.9 Å². The van der Waals surface area contributed by atoms with Gasteiger partial charge in [-0.05, 0) is 36.8 Å². The van der Waals surface area contributed by atoms with Crippen LogP contribution in [0.3, 0.4) is 0 Å². The molecule has 7 heteroatoms. The van der Waals surface area contributed by atoms with Crippen LogP contribution < -0.4 is 5.32 Å². The molecule has 2 aromatic carbocycles. The number of carbonyl (C=O) groups excluding carboxylic acids is 1. The molecule has 0 unspecified atom stereocenters. The van der Waals surface area contributed by atoms with E-state index in [0.29, 0.717) is 10.7 Å². The number of halogens is 1. The molecule has 0 aliphatic rings. The van der Waals surface area contributed by atoms with Crippen molar-refractivity contribution in [2.45, 2.75) is 6.92 Å². The Morgan fingerprint density at radius 3 is 2.57 bits per heavy atom. The van der Waals surface area contributed by atoms with Gasteiger partial charge in [-0.2, -0.15) is 0 Å². The highest BCUT2D eigenvalue weighted by Crippen LogP contribution is 2.27. The van der Waals surface area contributed by atoms with Gasteiger partial charge in [0.25, 0.3) is 5.91 Å². The number of anilines is 1. The highest BCUT2D eigenvalue weighted by Gasteiger charge is 2.16. The van der Waals surface area contributed by atoms with Crippen LogP contribution in [0, 0.1) is 17.0 Å². The zero-order valence-electron chi connectivity index (χ0n) is 11.0. The minimum Gasteiger partial charge on any atom is -0.502 e. The molecule has 0 saturated carbocycles. The number of benzene rings is 2. The van der Waals surface area contributed by atoms with Gasteiger partial charge in [-0.15, -0.1) is 0 Å². The van der Waals surface area contributed by atoms with Gasteiger partial charge in [-0.1, -0.05) is 17.7 Å². The molecule has 6 nitrogen and oxygen atoms in total. The fourth-order valence-electron chi connectivity index (χ4n) is 1.74. The number of nitrogens with one attached hydrogen (secondary N) is 1. The van der Waals surface area contributed by atoms with Gasteiger partial charge < -0.3 is 10.4 Å². The quantitative estimate of drug-likeness (QED) is 0.670. The second kappa shape index (κ2) is 5.80. The number of nitrogens with zero attached hydrogens (tertiary/aromatic N) is 1. The third-order valence-corrected chi connectivity index (χ3v) is 3.12. The lowest BCUT2D eigenvalue weighted by molar-refractivity contribution is -0.385. The summed E-state index contributed by atoms with van der Waals surface area (Å²) >= 11 is 6.01. The van der Waals surface area contributed by atoms with Crippen LogP contribution in [0.5, 0.6) is 5.75 Å². The molecule has 0 fully saturated rings. The molecule has 2 rings (SSSR count). The molecular formula is C14H11ClN2O4. The number of rotatable bonds is 3. The van der Waals surface area contributed by atoms with Crippen LogP contribution in [0.15, 0.2) is 36.4 Å². The summed E-state index contributed by atoms with van der Waals surface area (Å²) in [6.45, 7) is 1.87. The van der Waals surface area contributed by atoms with Crippen molar-refractivity contribution in [1.29, 1.82) is 0 Å². The number of aryl methyl sites for hydroxylation is 1. The maximum atomic E-state index is 12.0. The van der Waals surface area contributed by atoms with Crippen molar-refractivity contribution in [2.24, 2.45) is 0 Å². The number of hydrogen-bond acceptors (Lipinski definition) is 4. The SMILES string of the molecule is Cc1ccc(NC(=O)c2ccc([N+](=O)[O-])c(O)c2)c(Cl)c1. The predicted molar refractivity (Wildman–Crippen MR) is 78.9 cm³/mol. The van der Waals surface area contributed by atoms with E-state index in [9.17, 15) is 20.0 Å². The van der Waals surface area contributed by atoms with Gasteiger partial charge in [-0.3, -0.25) is 14.9 Å². The summed E-state index contributed by atoms with van der Waals surface area (Å²) in [5.74, 6) is -1.09. The Hall–Kier alpha value is -2.60. The smallest absolute Gasteiger partial charge is 0.310 e. The molecular weight excluding hydrogens is 296 g/mol. The molecule has 0 radical (unpaired) electrons. The fraction of sp³-hybridized carbons (Fsp3) is 0.0714. The van der Waals surface area contributed by atoms with Gasteiger partial charge in [0.2, 0.25) is 0 Å². The minimum absolute atomic E-state index is 0.0924. The van der Waals surface area contributed by atoms with Crippen molar-refractivity contribution in [3.05, 3.63) is 62.7 Å². The molecule has 0 aliphatic heterocycles. The van der Waals surface area contributed by atoms with Crippen molar-refractivity contribution >= 4 is 28.9 Å². The fourth-order valence-corrected chi connectivity index (χ4v) is 2.02. The zero-order valence-corrected chi connectivity index (χ0v) is 11.7. The topological polar surface area (TPSA) is 92.5 Å². The summed E-state index contributed by atoms with van der Waals surface area (Å²) in [4.78, 5) is 21.9. The van der Waals surface area contributed by atoms with Crippen LogP contribution >= 0.6 is 11.6 Å². The summed E-state index contributed by atoms with van der Waals surface area (Å²) in [6.07, 6.45) is 0. The largest absolute Gasteiger partial charge is 0.502 e. The first-order chi connectivity index (χ1) is 9.88. The average Bonchev–Trinajstić information content (AvgIpc) is 2.41. The third kappa shape index (κ3) is 3.29.